The third-order valence-electron chi connectivity index (χ3n) is 4.95. The number of fused-ring (bicyclic) bond motifs is 2. The molecule has 0 spiro atoms. The Hall–Kier alpha value is -1.88. The first-order valence-electron chi connectivity index (χ1n) is 7.52. The number of nitrogens with zero attached hydrogens (tertiary/aromatic N) is 2. The number of imidazole rings is 1. The molecule has 1 saturated heterocycles. The Kier molecular flexibility index (Phi) is 2.63. The van der Waals surface area contributed by atoms with Crippen molar-refractivity contribution in [2.45, 2.75) is 19.4 Å². The van der Waals surface area contributed by atoms with Crippen LogP contribution in [0.1, 0.15) is 19.4 Å². The summed E-state index contributed by atoms with van der Waals surface area (Å²) in [4.78, 5) is 16.8. The van der Waals surface area contributed by atoms with Crippen LogP contribution in [0.15, 0.2) is 30.7 Å². The van der Waals surface area contributed by atoms with Gasteiger partial charge in [-0.15, -0.1) is 0 Å². The lowest BCUT2D eigenvalue weighted by Gasteiger charge is -2.27. The van der Waals surface area contributed by atoms with E-state index in [1.54, 1.807) is 6.20 Å². The highest BCUT2D eigenvalue weighted by atomic mass is 16.2. The van der Waals surface area contributed by atoms with Crippen LogP contribution < -0.4 is 10.6 Å². The standard InChI is InChI=1S/C16H20N4O/c1-16(2,10-3-5-20-6-4-18-13(20)7-10)19-15(21)14-11-8-17-9-12(11)14/h3-7,11-12,14,17H,8-9H2,1-2H3,(H,19,21)/t11-,12?,14?/m0/s1. The van der Waals surface area contributed by atoms with E-state index in [1.165, 1.54) is 0 Å². The van der Waals surface area contributed by atoms with Gasteiger partial charge in [-0.3, -0.25) is 4.79 Å². The van der Waals surface area contributed by atoms with Crippen LogP contribution in [-0.2, 0) is 10.3 Å². The van der Waals surface area contributed by atoms with E-state index < -0.39 is 0 Å². The molecule has 1 aliphatic carbocycles. The number of hydrogen-bond acceptors (Lipinski definition) is 3. The SMILES string of the molecule is CC(C)(NC(=O)C1C2CNC[C@@H]21)c1ccn2ccnc2c1. The van der Waals surface area contributed by atoms with Crippen LogP contribution in [0.25, 0.3) is 5.65 Å². The average molecular weight is 284 g/mol. The molecule has 2 fully saturated rings. The molecule has 3 atom stereocenters. The van der Waals surface area contributed by atoms with Crippen LogP contribution in [0, 0.1) is 17.8 Å². The average Bonchev–Trinajstić information content (AvgIpc) is 2.83. The first kappa shape index (κ1) is 12.8. The van der Waals surface area contributed by atoms with Crippen molar-refractivity contribution in [2.75, 3.05) is 13.1 Å². The van der Waals surface area contributed by atoms with E-state index in [-0.39, 0.29) is 17.4 Å². The molecule has 5 nitrogen and oxygen atoms in total. The lowest BCUT2D eigenvalue weighted by molar-refractivity contribution is -0.124. The lowest BCUT2D eigenvalue weighted by Crippen LogP contribution is -2.43. The second-order valence-electron chi connectivity index (χ2n) is 6.73. The highest BCUT2D eigenvalue weighted by Crippen LogP contribution is 2.49. The molecule has 21 heavy (non-hydrogen) atoms. The normalized spacial score (nSPS) is 27.6. The Morgan fingerprint density at radius 2 is 2.14 bits per heavy atom. The molecule has 1 aliphatic heterocycles. The van der Waals surface area contributed by atoms with Gasteiger partial charge in [0.2, 0.25) is 5.91 Å². The third kappa shape index (κ3) is 2.03. The molecule has 5 heteroatoms. The van der Waals surface area contributed by atoms with Crippen LogP contribution >= 0.6 is 0 Å². The number of carbonyl (C=O) groups is 1. The van der Waals surface area contributed by atoms with Crippen LogP contribution in [-0.4, -0.2) is 28.4 Å². The molecule has 3 heterocycles. The Morgan fingerprint density at radius 3 is 2.90 bits per heavy atom. The van der Waals surface area contributed by atoms with Gasteiger partial charge >= 0.3 is 0 Å². The van der Waals surface area contributed by atoms with Gasteiger partial charge in [-0.2, -0.15) is 0 Å². The number of hydrogen-bond donors (Lipinski definition) is 2. The van der Waals surface area contributed by atoms with E-state index >= 15 is 0 Å². The Morgan fingerprint density at radius 1 is 1.38 bits per heavy atom. The van der Waals surface area contributed by atoms with Gasteiger partial charge in [0.05, 0.1) is 5.54 Å². The van der Waals surface area contributed by atoms with Gasteiger partial charge in [0.25, 0.3) is 0 Å². The number of carbonyl (C=O) groups excluding carboxylic acids is 1. The summed E-state index contributed by atoms with van der Waals surface area (Å²) in [5.74, 6) is 1.51. The number of aromatic nitrogens is 2. The van der Waals surface area contributed by atoms with E-state index in [1.807, 2.05) is 28.9 Å². The molecule has 2 N–H and O–H groups in total. The topological polar surface area (TPSA) is 58.4 Å². The van der Waals surface area contributed by atoms with Crippen LogP contribution in [0.4, 0.5) is 0 Å². The molecule has 1 saturated carbocycles. The fourth-order valence-electron chi connectivity index (χ4n) is 3.57. The van der Waals surface area contributed by atoms with Crippen molar-refractivity contribution in [3.05, 3.63) is 36.3 Å². The van der Waals surface area contributed by atoms with Gasteiger partial charge in [0.15, 0.2) is 0 Å². The number of pyridine rings is 1. The first-order valence-corrected chi connectivity index (χ1v) is 7.52. The number of amides is 1. The minimum Gasteiger partial charge on any atom is -0.347 e. The smallest absolute Gasteiger partial charge is 0.224 e. The molecule has 110 valence electrons. The molecule has 2 aromatic rings. The monoisotopic (exact) mass is 284 g/mol. The minimum absolute atomic E-state index is 0.194. The molecular formula is C16H20N4O. The summed E-state index contributed by atoms with van der Waals surface area (Å²) in [6.45, 7) is 6.08. The Bertz CT molecular complexity index is 695. The van der Waals surface area contributed by atoms with Gasteiger partial charge < -0.3 is 15.0 Å². The molecule has 0 aromatic carbocycles. The third-order valence-corrected chi connectivity index (χ3v) is 4.95. The fourth-order valence-corrected chi connectivity index (χ4v) is 3.57. The number of piperidine rings is 1. The second-order valence-corrected chi connectivity index (χ2v) is 6.73. The van der Waals surface area contributed by atoms with Gasteiger partial charge in [-0.05, 0) is 56.5 Å². The van der Waals surface area contributed by atoms with Gasteiger partial charge in [0, 0.05) is 24.5 Å². The van der Waals surface area contributed by atoms with Crippen molar-refractivity contribution in [1.29, 1.82) is 0 Å². The summed E-state index contributed by atoms with van der Waals surface area (Å²) in [5, 5.41) is 6.54. The fraction of sp³-hybridized carbons (Fsp3) is 0.500. The van der Waals surface area contributed by atoms with Crippen molar-refractivity contribution in [3.63, 3.8) is 0 Å². The molecule has 0 radical (unpaired) electrons. The summed E-state index contributed by atoms with van der Waals surface area (Å²) >= 11 is 0. The lowest BCUT2D eigenvalue weighted by atomic mass is 9.94. The van der Waals surface area contributed by atoms with E-state index in [9.17, 15) is 4.79 Å². The van der Waals surface area contributed by atoms with E-state index in [0.29, 0.717) is 11.8 Å². The quantitative estimate of drug-likeness (QED) is 0.889. The number of nitrogens with one attached hydrogen (secondary N) is 2. The maximum Gasteiger partial charge on any atom is 0.224 e. The minimum atomic E-state index is -0.380. The Balaban J connectivity index is 1.53. The van der Waals surface area contributed by atoms with Crippen LogP contribution in [0.2, 0.25) is 0 Å². The number of rotatable bonds is 3. The molecule has 2 unspecified atom stereocenters. The maximum atomic E-state index is 12.5. The molecule has 4 rings (SSSR count). The summed E-state index contributed by atoms with van der Waals surface area (Å²) in [6.07, 6.45) is 5.69. The predicted octanol–water partition coefficient (Wildman–Crippen LogP) is 1.15. The zero-order chi connectivity index (χ0) is 14.6. The Labute approximate surface area is 123 Å². The van der Waals surface area contributed by atoms with Crippen LogP contribution in [0.3, 0.4) is 0 Å². The summed E-state index contributed by atoms with van der Waals surface area (Å²) in [6, 6.07) is 4.08. The largest absolute Gasteiger partial charge is 0.347 e. The molecule has 2 aromatic heterocycles. The highest BCUT2D eigenvalue weighted by Gasteiger charge is 2.57. The maximum absolute atomic E-state index is 12.5. The zero-order valence-corrected chi connectivity index (χ0v) is 12.3. The van der Waals surface area contributed by atoms with E-state index in [4.69, 9.17) is 0 Å². The van der Waals surface area contributed by atoms with E-state index in [2.05, 4.69) is 29.5 Å². The molecule has 0 bridgehead atoms. The van der Waals surface area contributed by atoms with E-state index in [0.717, 1.165) is 24.3 Å². The second kappa shape index (κ2) is 4.31. The van der Waals surface area contributed by atoms with Gasteiger partial charge in [0.1, 0.15) is 5.65 Å². The predicted molar refractivity (Wildman–Crippen MR) is 79.7 cm³/mol. The first-order chi connectivity index (χ1) is 10.1. The van der Waals surface area contributed by atoms with Crippen molar-refractivity contribution < 1.29 is 4.79 Å². The summed E-state index contributed by atoms with van der Waals surface area (Å²) in [5.41, 5.74) is 1.61. The summed E-state index contributed by atoms with van der Waals surface area (Å²) < 4.78 is 1.97. The molecule has 1 amide bonds. The van der Waals surface area contributed by atoms with Crippen molar-refractivity contribution in [1.82, 2.24) is 20.0 Å². The van der Waals surface area contributed by atoms with Crippen molar-refractivity contribution in [2.24, 2.45) is 17.8 Å². The van der Waals surface area contributed by atoms with Gasteiger partial charge in [-0.1, -0.05) is 0 Å². The van der Waals surface area contributed by atoms with Crippen molar-refractivity contribution >= 4 is 11.6 Å². The molecular weight excluding hydrogens is 264 g/mol. The zero-order valence-electron chi connectivity index (χ0n) is 12.3. The highest BCUT2D eigenvalue weighted by molar-refractivity contribution is 5.83. The van der Waals surface area contributed by atoms with Crippen molar-refractivity contribution in [3.8, 4) is 0 Å². The van der Waals surface area contributed by atoms with Crippen LogP contribution in [0.5, 0.6) is 0 Å². The summed E-state index contributed by atoms with van der Waals surface area (Å²) in [7, 11) is 0. The molecule has 2 aliphatic rings. The van der Waals surface area contributed by atoms with Gasteiger partial charge in [-0.25, -0.2) is 4.98 Å².